The van der Waals surface area contributed by atoms with Gasteiger partial charge in [-0.05, 0) is 6.42 Å². The number of hydrogen-bond acceptors (Lipinski definition) is 7. The molecular formula is C11H15N5O2. The van der Waals surface area contributed by atoms with Crippen molar-refractivity contribution >= 4 is 11.5 Å². The molecule has 3 N–H and O–H groups in total. The molecule has 0 spiro atoms. The summed E-state index contributed by atoms with van der Waals surface area (Å²) >= 11 is 0. The molecule has 7 nitrogen and oxygen atoms in total. The van der Waals surface area contributed by atoms with Gasteiger partial charge in [0.1, 0.15) is 12.0 Å². The maximum Gasteiger partial charge on any atom is 0.242 e. The van der Waals surface area contributed by atoms with Crippen LogP contribution in [0.5, 0.6) is 5.88 Å². The monoisotopic (exact) mass is 249 g/mol. The predicted molar refractivity (Wildman–Crippen MR) is 66.1 cm³/mol. The van der Waals surface area contributed by atoms with E-state index in [2.05, 4.69) is 20.4 Å². The largest absolute Gasteiger partial charge is 0.476 e. The number of ether oxygens (including phenoxy) is 1. The molecule has 96 valence electrons. The van der Waals surface area contributed by atoms with Crippen LogP contribution in [0.4, 0.5) is 11.5 Å². The Kier molecular flexibility index (Phi) is 3.95. The van der Waals surface area contributed by atoms with E-state index in [-0.39, 0.29) is 0 Å². The molecule has 2 heterocycles. The normalized spacial score (nSPS) is 10.3. The van der Waals surface area contributed by atoms with Gasteiger partial charge in [0.25, 0.3) is 0 Å². The van der Waals surface area contributed by atoms with E-state index in [0.717, 1.165) is 6.42 Å². The molecule has 2 aromatic rings. The van der Waals surface area contributed by atoms with E-state index >= 15 is 0 Å². The molecule has 2 aromatic heterocycles. The van der Waals surface area contributed by atoms with Gasteiger partial charge in [0.15, 0.2) is 11.6 Å². The molecule has 0 bridgehead atoms. The third kappa shape index (κ3) is 2.88. The van der Waals surface area contributed by atoms with Crippen molar-refractivity contribution in [2.24, 2.45) is 0 Å². The Morgan fingerprint density at radius 3 is 3.06 bits per heavy atom. The first kappa shape index (κ1) is 12.2. The lowest BCUT2D eigenvalue weighted by molar-refractivity contribution is 0.306. The van der Waals surface area contributed by atoms with Gasteiger partial charge in [0.2, 0.25) is 5.88 Å². The molecule has 0 unspecified atom stereocenters. The highest BCUT2D eigenvalue weighted by molar-refractivity contribution is 5.66. The quantitative estimate of drug-likeness (QED) is 0.799. The summed E-state index contributed by atoms with van der Waals surface area (Å²) in [5, 5.41) is 6.65. The molecule has 2 rings (SSSR count). The Bertz CT molecular complexity index is 486. The van der Waals surface area contributed by atoms with Gasteiger partial charge < -0.3 is 20.3 Å². The van der Waals surface area contributed by atoms with E-state index in [0.29, 0.717) is 36.3 Å². The second-order valence-electron chi connectivity index (χ2n) is 3.62. The van der Waals surface area contributed by atoms with E-state index in [9.17, 15) is 0 Å². The highest BCUT2D eigenvalue weighted by atomic mass is 16.5. The number of anilines is 2. The van der Waals surface area contributed by atoms with Gasteiger partial charge in [-0.2, -0.15) is 4.98 Å². The fourth-order valence-corrected chi connectivity index (χ4v) is 1.34. The SMILES string of the molecule is CCCOc1ncnc(NCc2ccno2)c1N. The van der Waals surface area contributed by atoms with Crippen molar-refractivity contribution < 1.29 is 9.26 Å². The minimum Gasteiger partial charge on any atom is -0.476 e. The fourth-order valence-electron chi connectivity index (χ4n) is 1.34. The second kappa shape index (κ2) is 5.85. The van der Waals surface area contributed by atoms with Gasteiger partial charge in [0, 0.05) is 6.07 Å². The summed E-state index contributed by atoms with van der Waals surface area (Å²) < 4.78 is 10.4. The second-order valence-corrected chi connectivity index (χ2v) is 3.62. The minimum absolute atomic E-state index is 0.394. The summed E-state index contributed by atoms with van der Waals surface area (Å²) in [7, 11) is 0. The number of rotatable bonds is 6. The Morgan fingerprint density at radius 2 is 2.33 bits per heavy atom. The number of nitrogens with two attached hydrogens (primary N) is 1. The first-order valence-corrected chi connectivity index (χ1v) is 5.68. The van der Waals surface area contributed by atoms with E-state index < -0.39 is 0 Å². The van der Waals surface area contributed by atoms with E-state index in [1.165, 1.54) is 6.33 Å². The fraction of sp³-hybridized carbons (Fsp3) is 0.364. The van der Waals surface area contributed by atoms with Crippen LogP contribution in [0.1, 0.15) is 19.1 Å². The number of nitrogens with zero attached hydrogens (tertiary/aromatic N) is 3. The maximum atomic E-state index is 5.90. The number of nitrogens with one attached hydrogen (secondary N) is 1. The lowest BCUT2D eigenvalue weighted by Gasteiger charge is -2.10. The molecule has 0 amide bonds. The van der Waals surface area contributed by atoms with Crippen LogP contribution in [0.25, 0.3) is 0 Å². The summed E-state index contributed by atoms with van der Waals surface area (Å²) in [6, 6.07) is 1.76. The lowest BCUT2D eigenvalue weighted by atomic mass is 10.4. The highest BCUT2D eigenvalue weighted by Crippen LogP contribution is 2.24. The zero-order chi connectivity index (χ0) is 12.8. The van der Waals surface area contributed by atoms with Crippen molar-refractivity contribution in [1.82, 2.24) is 15.1 Å². The zero-order valence-corrected chi connectivity index (χ0v) is 10.1. The molecule has 0 atom stereocenters. The third-order valence-corrected chi connectivity index (χ3v) is 2.21. The van der Waals surface area contributed by atoms with Gasteiger partial charge in [-0.25, -0.2) is 4.98 Å². The smallest absolute Gasteiger partial charge is 0.242 e. The molecule has 18 heavy (non-hydrogen) atoms. The molecule has 0 aliphatic heterocycles. The van der Waals surface area contributed by atoms with Gasteiger partial charge in [-0.1, -0.05) is 12.1 Å². The van der Waals surface area contributed by atoms with Crippen molar-refractivity contribution in [1.29, 1.82) is 0 Å². The summed E-state index contributed by atoms with van der Waals surface area (Å²) in [6.45, 7) is 3.04. The molecule has 0 aromatic carbocycles. The molecule has 0 aliphatic carbocycles. The summed E-state index contributed by atoms with van der Waals surface area (Å²) in [4.78, 5) is 8.04. The van der Waals surface area contributed by atoms with Crippen molar-refractivity contribution in [2.75, 3.05) is 17.7 Å². The molecule has 7 heteroatoms. The minimum atomic E-state index is 0.394. The van der Waals surface area contributed by atoms with Crippen LogP contribution in [-0.4, -0.2) is 21.7 Å². The lowest BCUT2D eigenvalue weighted by Crippen LogP contribution is -2.08. The van der Waals surface area contributed by atoms with Crippen LogP contribution in [0.15, 0.2) is 23.1 Å². The van der Waals surface area contributed by atoms with Crippen LogP contribution >= 0.6 is 0 Å². The molecule has 0 aliphatic rings. The molecule has 0 radical (unpaired) electrons. The van der Waals surface area contributed by atoms with Crippen LogP contribution < -0.4 is 15.8 Å². The molecule has 0 fully saturated rings. The Hall–Kier alpha value is -2.31. The summed E-state index contributed by atoms with van der Waals surface area (Å²) in [5.74, 6) is 1.61. The highest BCUT2D eigenvalue weighted by Gasteiger charge is 2.09. The number of aromatic nitrogens is 3. The van der Waals surface area contributed by atoms with Crippen molar-refractivity contribution in [3.05, 3.63) is 24.4 Å². The van der Waals surface area contributed by atoms with Gasteiger partial charge >= 0.3 is 0 Å². The van der Waals surface area contributed by atoms with Crippen molar-refractivity contribution in [3.8, 4) is 5.88 Å². The maximum absolute atomic E-state index is 5.90. The van der Waals surface area contributed by atoms with Crippen molar-refractivity contribution in [3.63, 3.8) is 0 Å². The average Bonchev–Trinajstić information content (AvgIpc) is 2.89. The van der Waals surface area contributed by atoms with Gasteiger partial charge in [0.05, 0.1) is 19.3 Å². The molecule has 0 saturated heterocycles. The Morgan fingerprint density at radius 1 is 1.44 bits per heavy atom. The van der Waals surface area contributed by atoms with Crippen LogP contribution in [-0.2, 0) is 6.54 Å². The van der Waals surface area contributed by atoms with Crippen molar-refractivity contribution in [2.45, 2.75) is 19.9 Å². The average molecular weight is 249 g/mol. The van der Waals surface area contributed by atoms with Gasteiger partial charge in [-0.3, -0.25) is 0 Å². The number of hydrogen-bond donors (Lipinski definition) is 2. The molecular weight excluding hydrogens is 234 g/mol. The van der Waals surface area contributed by atoms with E-state index in [4.69, 9.17) is 15.0 Å². The van der Waals surface area contributed by atoms with Crippen LogP contribution in [0.2, 0.25) is 0 Å². The third-order valence-electron chi connectivity index (χ3n) is 2.21. The Labute approximate surface area is 104 Å². The predicted octanol–water partition coefficient (Wildman–Crippen LogP) is 1.45. The van der Waals surface area contributed by atoms with E-state index in [1.807, 2.05) is 6.92 Å². The zero-order valence-electron chi connectivity index (χ0n) is 10.1. The van der Waals surface area contributed by atoms with Gasteiger partial charge in [-0.15, -0.1) is 0 Å². The Balaban J connectivity index is 2.03. The molecule has 0 saturated carbocycles. The topological polar surface area (TPSA) is 99.1 Å². The van der Waals surface area contributed by atoms with E-state index in [1.54, 1.807) is 12.3 Å². The summed E-state index contributed by atoms with van der Waals surface area (Å²) in [6.07, 6.45) is 3.88. The van der Waals surface area contributed by atoms with Crippen LogP contribution in [0.3, 0.4) is 0 Å². The van der Waals surface area contributed by atoms with Crippen LogP contribution in [0, 0.1) is 0 Å². The number of nitrogen functional groups attached to an aromatic ring is 1. The first-order valence-electron chi connectivity index (χ1n) is 5.68. The first-order chi connectivity index (χ1) is 8.81. The standard InChI is InChI=1S/C11H15N5O2/c1-2-5-17-11-9(12)10(14-7-15-11)13-6-8-3-4-16-18-8/h3-4,7H,2,5-6,12H2,1H3,(H,13,14,15). The summed E-state index contributed by atoms with van der Waals surface area (Å²) in [5.41, 5.74) is 6.30.